The molecule has 3 nitrogen and oxygen atoms in total. The maximum absolute atomic E-state index is 8.08. The fraction of sp³-hybridized carbons (Fsp3) is 0.385. The highest BCUT2D eigenvalue weighted by Gasteiger charge is 2.34. The standard InChI is InChI=1S/C13H13N3.ClH/c1-2-16-13-5-11-9-3-8(6-14-7-9)10(11)4-12(13)15-1;/h1-2,4-5,8-9,14H,3,6-7H2;1H/i6D2,7D2;. The number of nitrogens with one attached hydrogen (secondary N) is 1. The van der Waals surface area contributed by atoms with Crippen molar-refractivity contribution in [2.24, 2.45) is 0 Å². The highest BCUT2D eigenvalue weighted by atomic mass is 35.5. The minimum absolute atomic E-state index is 0. The second-order valence-corrected chi connectivity index (χ2v) is 4.28. The maximum atomic E-state index is 8.08. The van der Waals surface area contributed by atoms with Gasteiger partial charge in [-0.2, -0.15) is 0 Å². The number of aromatic nitrogens is 2. The van der Waals surface area contributed by atoms with Gasteiger partial charge >= 0.3 is 0 Å². The molecule has 4 heteroatoms. The van der Waals surface area contributed by atoms with E-state index in [0.717, 1.165) is 22.2 Å². The first kappa shape index (κ1) is 7.29. The number of hydrogen-bond donors (Lipinski definition) is 1. The summed E-state index contributed by atoms with van der Waals surface area (Å²) in [5.41, 5.74) is 3.19. The molecule has 1 aromatic heterocycles. The highest BCUT2D eigenvalue weighted by Crippen LogP contribution is 2.44. The number of fused-ring (bicyclic) bond motifs is 6. The van der Waals surface area contributed by atoms with E-state index < -0.39 is 13.0 Å². The van der Waals surface area contributed by atoms with Crippen LogP contribution in [0.5, 0.6) is 0 Å². The van der Waals surface area contributed by atoms with Crippen molar-refractivity contribution in [2.45, 2.75) is 18.3 Å². The van der Waals surface area contributed by atoms with E-state index >= 15 is 0 Å². The molecule has 0 spiro atoms. The van der Waals surface area contributed by atoms with Crippen LogP contribution in [0.15, 0.2) is 24.5 Å². The van der Waals surface area contributed by atoms with E-state index in [4.69, 9.17) is 5.48 Å². The average Bonchev–Trinajstić information content (AvgIpc) is 2.71. The van der Waals surface area contributed by atoms with Gasteiger partial charge in [0.05, 0.1) is 11.0 Å². The van der Waals surface area contributed by atoms with E-state index in [-0.39, 0.29) is 24.2 Å². The topological polar surface area (TPSA) is 37.8 Å². The van der Waals surface area contributed by atoms with Gasteiger partial charge in [0, 0.05) is 30.9 Å². The van der Waals surface area contributed by atoms with Crippen LogP contribution in [0.2, 0.25) is 0 Å². The van der Waals surface area contributed by atoms with Gasteiger partial charge < -0.3 is 5.32 Å². The molecule has 1 aromatic carbocycles. The summed E-state index contributed by atoms with van der Waals surface area (Å²) in [7, 11) is 0. The minimum Gasteiger partial charge on any atom is -0.316 e. The van der Waals surface area contributed by atoms with Gasteiger partial charge in [-0.15, -0.1) is 12.4 Å². The summed E-state index contributed by atoms with van der Waals surface area (Å²) in [6.45, 7) is -3.50. The Morgan fingerprint density at radius 2 is 1.59 bits per heavy atom. The molecular weight excluding hydrogens is 234 g/mol. The van der Waals surface area contributed by atoms with Crippen LogP contribution in [0.4, 0.5) is 0 Å². The SMILES string of the molecule is Cl.[2H]C1([2H])NC([2H])([2H])C2CC1c1cc3nccnc3cc12. The number of nitrogens with zero attached hydrogens (tertiary/aromatic N) is 2. The van der Waals surface area contributed by atoms with Crippen LogP contribution in [0.3, 0.4) is 0 Å². The largest absolute Gasteiger partial charge is 0.316 e. The fourth-order valence-corrected chi connectivity index (χ4v) is 2.63. The van der Waals surface area contributed by atoms with Gasteiger partial charge in [0.25, 0.3) is 0 Å². The second-order valence-electron chi connectivity index (χ2n) is 4.28. The first-order valence-electron chi connectivity index (χ1n) is 7.42. The number of hydrogen-bond acceptors (Lipinski definition) is 3. The predicted octanol–water partition coefficient (Wildman–Crippen LogP) is 2.23. The van der Waals surface area contributed by atoms with Crippen molar-refractivity contribution in [1.82, 2.24) is 15.3 Å². The van der Waals surface area contributed by atoms with Gasteiger partial charge in [0.2, 0.25) is 0 Å². The molecule has 1 aliphatic carbocycles. The molecule has 1 fully saturated rings. The average molecular weight is 252 g/mol. The van der Waals surface area contributed by atoms with Gasteiger partial charge in [-0.25, -0.2) is 0 Å². The molecule has 4 rings (SSSR count). The van der Waals surface area contributed by atoms with Crippen molar-refractivity contribution in [3.8, 4) is 0 Å². The molecule has 1 N–H and O–H groups in total. The molecule has 2 heterocycles. The Morgan fingerprint density at radius 1 is 1.06 bits per heavy atom. The van der Waals surface area contributed by atoms with Crippen LogP contribution in [-0.2, 0) is 0 Å². The number of piperidine rings is 1. The molecule has 1 saturated heterocycles. The molecule has 0 radical (unpaired) electrons. The number of rotatable bonds is 0. The summed E-state index contributed by atoms with van der Waals surface area (Å²) in [4.78, 5) is 8.52. The monoisotopic (exact) mass is 251 g/mol. The van der Waals surface area contributed by atoms with Crippen LogP contribution >= 0.6 is 12.4 Å². The van der Waals surface area contributed by atoms with Crippen LogP contribution in [0, 0.1) is 0 Å². The van der Waals surface area contributed by atoms with Gasteiger partial charge in [-0.1, -0.05) is 0 Å². The zero-order valence-corrected chi connectivity index (χ0v) is 9.79. The van der Waals surface area contributed by atoms with Crippen molar-refractivity contribution in [1.29, 1.82) is 0 Å². The molecule has 0 saturated carbocycles. The van der Waals surface area contributed by atoms with Gasteiger partial charge in [-0.3, -0.25) is 9.97 Å². The van der Waals surface area contributed by atoms with Crippen LogP contribution in [0.1, 0.15) is 34.9 Å². The van der Waals surface area contributed by atoms with Crippen molar-refractivity contribution in [3.05, 3.63) is 35.7 Å². The molecule has 17 heavy (non-hydrogen) atoms. The Morgan fingerprint density at radius 3 is 2.12 bits per heavy atom. The molecule has 0 amide bonds. The normalized spacial score (nSPS) is 34.8. The summed E-state index contributed by atoms with van der Waals surface area (Å²) < 4.78 is 32.3. The van der Waals surface area contributed by atoms with E-state index in [1.165, 1.54) is 0 Å². The maximum Gasteiger partial charge on any atom is 0.0889 e. The molecule has 88 valence electrons. The molecule has 2 aliphatic rings. The Labute approximate surface area is 112 Å². The zero-order valence-electron chi connectivity index (χ0n) is 13.0. The zero-order chi connectivity index (χ0) is 14.1. The first-order chi connectivity index (χ1) is 9.38. The van der Waals surface area contributed by atoms with E-state index in [1.807, 2.05) is 12.1 Å². The quantitative estimate of drug-likeness (QED) is 0.780. The molecular formula is C13H14ClN3. The Kier molecular flexibility index (Phi) is 1.69. The smallest absolute Gasteiger partial charge is 0.0889 e. The van der Waals surface area contributed by atoms with E-state index in [1.54, 1.807) is 12.4 Å². The summed E-state index contributed by atoms with van der Waals surface area (Å²) in [6, 6.07) is 3.73. The van der Waals surface area contributed by atoms with E-state index in [0.29, 0.717) is 6.42 Å². The Balaban J connectivity index is 0.00000132. The van der Waals surface area contributed by atoms with E-state index in [2.05, 4.69) is 15.3 Å². The third-order valence-electron chi connectivity index (χ3n) is 3.39. The van der Waals surface area contributed by atoms with Crippen molar-refractivity contribution in [3.63, 3.8) is 0 Å². The van der Waals surface area contributed by atoms with Crippen LogP contribution in [-0.4, -0.2) is 23.0 Å². The lowest BCUT2D eigenvalue weighted by Gasteiger charge is -2.19. The summed E-state index contributed by atoms with van der Waals surface area (Å²) in [5, 5.41) is 2.52. The van der Waals surface area contributed by atoms with Gasteiger partial charge in [0.1, 0.15) is 0 Å². The third kappa shape index (κ3) is 1.53. The third-order valence-corrected chi connectivity index (χ3v) is 3.39. The number of halogens is 1. The highest BCUT2D eigenvalue weighted by molar-refractivity contribution is 5.85. The van der Waals surface area contributed by atoms with Gasteiger partial charge in [0.15, 0.2) is 0 Å². The fourth-order valence-electron chi connectivity index (χ4n) is 2.63. The Bertz CT molecular complexity index is 663. The lowest BCUT2D eigenvalue weighted by atomic mass is 9.98. The molecule has 1 aliphatic heterocycles. The summed E-state index contributed by atoms with van der Waals surface area (Å²) in [5.74, 6) is -0.671. The first-order valence-corrected chi connectivity index (χ1v) is 5.42. The van der Waals surface area contributed by atoms with E-state index in [9.17, 15) is 0 Å². The lowest BCUT2D eigenvalue weighted by Crippen LogP contribution is -2.28. The minimum atomic E-state index is -1.75. The van der Waals surface area contributed by atoms with Gasteiger partial charge in [-0.05, 0) is 41.5 Å². The number of benzene rings is 1. The van der Waals surface area contributed by atoms with Crippen molar-refractivity contribution >= 4 is 23.4 Å². The summed E-state index contributed by atoms with van der Waals surface area (Å²) in [6.07, 6.45) is 3.71. The summed E-state index contributed by atoms with van der Waals surface area (Å²) >= 11 is 0. The molecule has 2 atom stereocenters. The molecule has 2 unspecified atom stereocenters. The second kappa shape index (κ2) is 3.93. The van der Waals surface area contributed by atoms with Crippen LogP contribution < -0.4 is 5.32 Å². The molecule has 2 aromatic rings. The predicted molar refractivity (Wildman–Crippen MR) is 69.8 cm³/mol. The lowest BCUT2D eigenvalue weighted by molar-refractivity contribution is 0.454. The van der Waals surface area contributed by atoms with Crippen molar-refractivity contribution < 1.29 is 5.48 Å². The molecule has 2 bridgehead atoms. The Hall–Kier alpha value is -1.19. The van der Waals surface area contributed by atoms with Crippen LogP contribution in [0.25, 0.3) is 11.0 Å². The van der Waals surface area contributed by atoms with Crippen molar-refractivity contribution in [2.75, 3.05) is 13.0 Å².